The number of hydrogen-bond acceptors (Lipinski definition) is 15. The number of rotatable bonds is 72. The smallest absolute Gasteiger partial charge is 0.462 e. The molecule has 0 aromatic carbocycles. The van der Waals surface area contributed by atoms with E-state index in [9.17, 15) is 43.2 Å². The minimum atomic E-state index is -4.96. The molecule has 0 aliphatic carbocycles. The van der Waals surface area contributed by atoms with Crippen molar-refractivity contribution in [3.8, 4) is 0 Å². The maximum atomic E-state index is 13.0. The SMILES string of the molecule is CCC(C)CCCCCCCCCCCCC(=O)OC[C@H](COP(=O)(O)OCC(O)COP(=O)(O)OC[C@@H](COC(=O)CCCCCCCCC(C)C)OC(=O)CCCCCCCCCCCCCCCCCCC(C)C)OC(=O)CCCCCCCCCCCC(C)C. The van der Waals surface area contributed by atoms with Gasteiger partial charge in [0.05, 0.1) is 26.4 Å². The van der Waals surface area contributed by atoms with Crippen LogP contribution in [0.15, 0.2) is 0 Å². The summed E-state index contributed by atoms with van der Waals surface area (Å²) in [5.41, 5.74) is 0. The van der Waals surface area contributed by atoms with E-state index in [1.807, 2.05) is 0 Å². The lowest BCUT2D eigenvalue weighted by atomic mass is 9.99. The van der Waals surface area contributed by atoms with Crippen molar-refractivity contribution in [2.24, 2.45) is 23.7 Å². The number of aliphatic hydroxyl groups is 1. The van der Waals surface area contributed by atoms with Gasteiger partial charge >= 0.3 is 39.5 Å². The summed E-state index contributed by atoms with van der Waals surface area (Å²) in [6, 6.07) is 0. The summed E-state index contributed by atoms with van der Waals surface area (Å²) in [7, 11) is -9.91. The number of carbonyl (C=O) groups excluding carboxylic acids is 4. The highest BCUT2D eigenvalue weighted by atomic mass is 31.2. The minimum Gasteiger partial charge on any atom is -0.462 e. The summed E-state index contributed by atoms with van der Waals surface area (Å²) < 4.78 is 68.4. The third-order valence-electron chi connectivity index (χ3n) is 17.7. The first-order valence-electron chi connectivity index (χ1n) is 38.7. The van der Waals surface area contributed by atoms with Crippen LogP contribution in [0.2, 0.25) is 0 Å². The van der Waals surface area contributed by atoms with Gasteiger partial charge in [0.15, 0.2) is 12.2 Å². The zero-order chi connectivity index (χ0) is 69.6. The molecule has 0 radical (unpaired) electrons. The van der Waals surface area contributed by atoms with Gasteiger partial charge in [0.25, 0.3) is 0 Å². The Balaban J connectivity index is 5.20. The molecular weight excluding hydrogens is 1230 g/mol. The van der Waals surface area contributed by atoms with Crippen LogP contribution < -0.4 is 0 Å². The Morgan fingerprint density at radius 2 is 0.511 bits per heavy atom. The molecule has 6 atom stereocenters. The van der Waals surface area contributed by atoms with Crippen LogP contribution in [0.5, 0.6) is 0 Å². The van der Waals surface area contributed by atoms with Gasteiger partial charge in [-0.1, -0.05) is 325 Å². The topological polar surface area (TPSA) is 237 Å². The van der Waals surface area contributed by atoms with E-state index < -0.39 is 97.5 Å². The number of esters is 4. The summed E-state index contributed by atoms with van der Waals surface area (Å²) in [4.78, 5) is 72.7. The van der Waals surface area contributed by atoms with Crippen LogP contribution in [-0.4, -0.2) is 96.7 Å². The largest absolute Gasteiger partial charge is 0.472 e. The van der Waals surface area contributed by atoms with Gasteiger partial charge in [-0.3, -0.25) is 37.3 Å². The third kappa shape index (κ3) is 67.3. The Labute approximate surface area is 575 Å². The monoisotopic (exact) mass is 1380 g/mol. The normalized spacial score (nSPS) is 14.4. The molecular formula is C75H146O17P2. The average molecular weight is 1380 g/mol. The Morgan fingerprint density at radius 3 is 0.755 bits per heavy atom. The minimum absolute atomic E-state index is 0.105. The van der Waals surface area contributed by atoms with Gasteiger partial charge in [-0.25, -0.2) is 9.13 Å². The number of aliphatic hydroxyl groups excluding tert-OH is 1. The van der Waals surface area contributed by atoms with E-state index in [1.54, 1.807) is 0 Å². The van der Waals surface area contributed by atoms with Crippen molar-refractivity contribution in [3.63, 3.8) is 0 Å². The van der Waals surface area contributed by atoms with Crippen LogP contribution in [0.25, 0.3) is 0 Å². The second-order valence-electron chi connectivity index (χ2n) is 28.7. The molecule has 17 nitrogen and oxygen atoms in total. The Hall–Kier alpha value is -1.94. The molecule has 0 heterocycles. The molecule has 0 aliphatic heterocycles. The predicted octanol–water partition coefficient (Wildman–Crippen LogP) is 21.7. The number of unbranched alkanes of at least 4 members (excludes halogenated alkanes) is 37. The van der Waals surface area contributed by atoms with Gasteiger partial charge in [0.2, 0.25) is 0 Å². The lowest BCUT2D eigenvalue weighted by Crippen LogP contribution is -2.30. The molecule has 0 saturated carbocycles. The predicted molar refractivity (Wildman–Crippen MR) is 381 cm³/mol. The van der Waals surface area contributed by atoms with Gasteiger partial charge < -0.3 is 33.8 Å². The fraction of sp³-hybridized carbons (Fsp3) is 0.947. The van der Waals surface area contributed by atoms with E-state index in [1.165, 1.54) is 173 Å². The van der Waals surface area contributed by atoms with Gasteiger partial charge in [-0.2, -0.15) is 0 Å². The van der Waals surface area contributed by atoms with Gasteiger partial charge in [-0.15, -0.1) is 0 Å². The molecule has 0 aromatic rings. The Kier molecular flexibility index (Phi) is 63.1. The number of hydrogen-bond donors (Lipinski definition) is 3. The summed E-state index contributed by atoms with van der Waals surface area (Å²) in [6.07, 6.45) is 48.7. The zero-order valence-corrected chi connectivity index (χ0v) is 63.4. The van der Waals surface area contributed by atoms with Crippen molar-refractivity contribution >= 4 is 39.5 Å². The van der Waals surface area contributed by atoms with Gasteiger partial charge in [0, 0.05) is 25.7 Å². The van der Waals surface area contributed by atoms with Crippen LogP contribution in [0.1, 0.15) is 376 Å². The van der Waals surface area contributed by atoms with Crippen LogP contribution in [0.3, 0.4) is 0 Å². The highest BCUT2D eigenvalue weighted by Crippen LogP contribution is 2.45. The summed E-state index contributed by atoms with van der Waals surface area (Å²) >= 11 is 0. The zero-order valence-electron chi connectivity index (χ0n) is 61.6. The molecule has 0 rings (SSSR count). The Morgan fingerprint density at radius 1 is 0.298 bits per heavy atom. The van der Waals surface area contributed by atoms with Gasteiger partial charge in [0.1, 0.15) is 19.3 Å². The maximum absolute atomic E-state index is 13.0. The summed E-state index contributed by atoms with van der Waals surface area (Å²) in [6.45, 7) is 14.1. The van der Waals surface area contributed by atoms with E-state index in [0.717, 1.165) is 114 Å². The molecule has 0 aromatic heterocycles. The number of ether oxygens (including phenoxy) is 4. The second-order valence-corrected chi connectivity index (χ2v) is 31.6. The van der Waals surface area contributed by atoms with Crippen molar-refractivity contribution < 1.29 is 80.2 Å². The van der Waals surface area contributed by atoms with Crippen molar-refractivity contribution in [2.75, 3.05) is 39.6 Å². The van der Waals surface area contributed by atoms with Crippen molar-refractivity contribution in [1.82, 2.24) is 0 Å². The molecule has 19 heteroatoms. The third-order valence-corrected chi connectivity index (χ3v) is 19.6. The first-order chi connectivity index (χ1) is 45.1. The van der Waals surface area contributed by atoms with E-state index in [4.69, 9.17) is 37.0 Å². The molecule has 0 amide bonds. The molecule has 4 unspecified atom stereocenters. The Bertz CT molecular complexity index is 1850. The fourth-order valence-corrected chi connectivity index (χ4v) is 12.9. The lowest BCUT2D eigenvalue weighted by Gasteiger charge is -2.21. The molecule has 3 N–H and O–H groups in total. The number of phosphoric acid groups is 2. The van der Waals surface area contributed by atoms with Crippen LogP contribution in [-0.2, 0) is 65.4 Å². The molecule has 0 saturated heterocycles. The molecule has 94 heavy (non-hydrogen) atoms. The molecule has 0 spiro atoms. The second kappa shape index (κ2) is 64.4. The van der Waals surface area contributed by atoms with Crippen molar-refractivity contribution in [2.45, 2.75) is 395 Å². The van der Waals surface area contributed by atoms with E-state index in [2.05, 4.69) is 55.4 Å². The highest BCUT2D eigenvalue weighted by molar-refractivity contribution is 7.47. The molecule has 558 valence electrons. The van der Waals surface area contributed by atoms with Gasteiger partial charge in [-0.05, 0) is 49.4 Å². The molecule has 0 aliphatic rings. The molecule has 0 bridgehead atoms. The highest BCUT2D eigenvalue weighted by Gasteiger charge is 2.30. The van der Waals surface area contributed by atoms with Crippen molar-refractivity contribution in [3.05, 3.63) is 0 Å². The van der Waals surface area contributed by atoms with E-state index in [0.29, 0.717) is 31.6 Å². The fourth-order valence-electron chi connectivity index (χ4n) is 11.3. The first-order valence-corrected chi connectivity index (χ1v) is 41.7. The lowest BCUT2D eigenvalue weighted by molar-refractivity contribution is -0.161. The number of carbonyl (C=O) groups is 4. The maximum Gasteiger partial charge on any atom is 0.472 e. The summed E-state index contributed by atoms with van der Waals surface area (Å²) in [5, 5.41) is 10.6. The van der Waals surface area contributed by atoms with E-state index in [-0.39, 0.29) is 25.7 Å². The standard InChI is InChI=1S/C75H146O17P2/c1-9-68(8)54-46-38-29-23-18-19-24-30-39-47-55-72(77)85-61-70(91-75(80)58-50-42-32-26-20-22-28-36-44-52-66(4)5)63-89-93(81,82)87-59-69(76)60-88-94(83,84)90-64-71(62-86-73(78)56-48-40-34-33-37-45-53-67(6)7)92-74(79)57-49-41-31-25-17-15-13-11-10-12-14-16-21-27-35-43-51-65(2)3/h65-71,76H,9-64H2,1-8H3,(H,81,82)(H,83,84)/t68?,69?,70-,71-/m1/s1. The summed E-state index contributed by atoms with van der Waals surface area (Å²) in [5.74, 6) is 0.910. The number of phosphoric ester groups is 2. The molecule has 0 fully saturated rings. The average Bonchev–Trinajstić information content (AvgIpc) is 1.31. The quantitative estimate of drug-likeness (QED) is 0.0222. The first kappa shape index (κ1) is 92.1. The van der Waals surface area contributed by atoms with E-state index >= 15 is 0 Å². The van der Waals surface area contributed by atoms with Crippen molar-refractivity contribution in [1.29, 1.82) is 0 Å². The van der Waals surface area contributed by atoms with Crippen LogP contribution in [0, 0.1) is 23.7 Å². The van der Waals surface area contributed by atoms with Crippen LogP contribution in [0.4, 0.5) is 0 Å². The van der Waals surface area contributed by atoms with Crippen LogP contribution >= 0.6 is 15.6 Å².